The van der Waals surface area contributed by atoms with Crippen LogP contribution in [0.1, 0.15) is 24.5 Å². The minimum atomic E-state index is -4.64. The lowest BCUT2D eigenvalue weighted by Crippen LogP contribution is -2.55. The molecule has 3 fully saturated rings. The molecule has 0 aliphatic carbocycles. The molecule has 4 heterocycles. The Bertz CT molecular complexity index is 1010. The molecule has 14 nitrogen and oxygen atoms in total. The third-order valence-electron chi connectivity index (χ3n) is 6.02. The van der Waals surface area contributed by atoms with Crippen LogP contribution in [0.2, 0.25) is 0 Å². The van der Waals surface area contributed by atoms with Gasteiger partial charge < -0.3 is 43.1 Å². The number of benzene rings is 1. The van der Waals surface area contributed by atoms with E-state index in [-0.39, 0.29) is 44.4 Å². The summed E-state index contributed by atoms with van der Waals surface area (Å²) in [6, 6.07) is 7.04. The quantitative estimate of drug-likeness (QED) is 0.302. The van der Waals surface area contributed by atoms with Crippen molar-refractivity contribution in [2.24, 2.45) is 11.8 Å². The highest BCUT2D eigenvalue weighted by molar-refractivity contribution is 7.80. The van der Waals surface area contributed by atoms with Gasteiger partial charge in [0, 0.05) is 24.2 Å². The second-order valence-corrected chi connectivity index (χ2v) is 8.52. The molecule has 0 radical (unpaired) electrons. The van der Waals surface area contributed by atoms with Crippen molar-refractivity contribution in [3.8, 4) is 5.75 Å². The van der Waals surface area contributed by atoms with Crippen molar-refractivity contribution in [1.82, 2.24) is 9.88 Å². The minimum Gasteiger partial charge on any atom is -0.497 e. The first kappa shape index (κ1) is 39.9. The Morgan fingerprint density at radius 1 is 1.14 bits per heavy atom. The summed E-state index contributed by atoms with van der Waals surface area (Å²) in [5, 5.41) is 0.749. The average Bonchev–Trinajstić information content (AvgIpc) is 2.70. The van der Waals surface area contributed by atoms with Crippen molar-refractivity contribution in [3.05, 3.63) is 48.7 Å². The average molecular weight is 531 g/mol. The number of rotatable bonds is 6. The van der Waals surface area contributed by atoms with Gasteiger partial charge in [0.2, 0.25) is 0 Å². The molecule has 1 aromatic carbocycles. The van der Waals surface area contributed by atoms with Crippen molar-refractivity contribution in [2.45, 2.75) is 25.0 Å². The first-order valence-electron chi connectivity index (χ1n) is 9.34. The molecule has 206 valence electrons. The third-order valence-corrected chi connectivity index (χ3v) is 6.47. The maximum Gasteiger partial charge on any atom is 0.398 e. The first-order chi connectivity index (χ1) is 13.4. The van der Waals surface area contributed by atoms with Gasteiger partial charge in [-0.05, 0) is 61.1 Å². The molecular formula is C20H38N2O12S. The smallest absolute Gasteiger partial charge is 0.398 e. The van der Waals surface area contributed by atoms with E-state index in [1.807, 2.05) is 18.2 Å². The first-order valence-corrected chi connectivity index (χ1v) is 10.7. The topological polar surface area (TPSA) is 309 Å². The van der Waals surface area contributed by atoms with Crippen LogP contribution < -0.4 is 4.74 Å². The third kappa shape index (κ3) is 8.13. The fourth-order valence-corrected chi connectivity index (χ4v) is 5.16. The van der Waals surface area contributed by atoms with Crippen molar-refractivity contribution in [1.29, 1.82) is 0 Å². The molecule has 2 aromatic rings. The fourth-order valence-electron chi connectivity index (χ4n) is 4.67. The lowest BCUT2D eigenvalue weighted by Gasteiger charge is -2.51. The van der Waals surface area contributed by atoms with Gasteiger partial charge >= 0.3 is 10.4 Å². The number of hydrogen-bond donors (Lipinski definition) is 1. The normalized spacial score (nSPS) is 22.6. The van der Waals surface area contributed by atoms with Gasteiger partial charge in [-0.15, -0.1) is 6.58 Å². The van der Waals surface area contributed by atoms with E-state index in [1.165, 1.54) is 0 Å². The zero-order chi connectivity index (χ0) is 19.9. The van der Waals surface area contributed by atoms with E-state index < -0.39 is 16.5 Å². The molecule has 35 heavy (non-hydrogen) atoms. The van der Waals surface area contributed by atoms with E-state index in [9.17, 15) is 13.0 Å². The zero-order valence-corrected chi connectivity index (χ0v) is 20.0. The lowest BCUT2D eigenvalue weighted by molar-refractivity contribution is -0.0365. The number of aromatic nitrogens is 1. The van der Waals surface area contributed by atoms with Gasteiger partial charge in [0.15, 0.2) is 0 Å². The van der Waals surface area contributed by atoms with Crippen molar-refractivity contribution in [2.75, 3.05) is 20.2 Å². The summed E-state index contributed by atoms with van der Waals surface area (Å²) in [5.41, 5.74) is 1.39. The van der Waals surface area contributed by atoms with Gasteiger partial charge in [-0.2, -0.15) is 8.42 Å². The van der Waals surface area contributed by atoms with E-state index in [1.54, 1.807) is 25.4 Å². The Balaban J connectivity index is -0.000000686. The van der Waals surface area contributed by atoms with Crippen molar-refractivity contribution < 1.29 is 60.2 Å². The fraction of sp³-hybridized carbons (Fsp3) is 0.450. The number of nitrogens with zero attached hydrogens (tertiary/aromatic N) is 2. The molecule has 15 heteroatoms. The number of piperidine rings is 3. The summed E-state index contributed by atoms with van der Waals surface area (Å²) < 4.78 is 43.5. The van der Waals surface area contributed by atoms with Gasteiger partial charge in [0.05, 0.1) is 12.6 Å². The second-order valence-electron chi connectivity index (χ2n) is 7.47. The van der Waals surface area contributed by atoms with E-state index in [4.69, 9.17) is 8.92 Å². The van der Waals surface area contributed by atoms with Crippen LogP contribution in [0.4, 0.5) is 0 Å². The highest BCUT2D eigenvalue weighted by Gasteiger charge is 2.44. The van der Waals surface area contributed by atoms with Crippen molar-refractivity contribution in [3.63, 3.8) is 0 Å². The maximum atomic E-state index is 11.7. The molecular weight excluding hydrogens is 492 g/mol. The Hall–Kier alpha value is -2.28. The van der Waals surface area contributed by atoms with Crippen LogP contribution in [0.15, 0.2) is 43.1 Å². The number of ether oxygens (including phenoxy) is 1. The van der Waals surface area contributed by atoms with Gasteiger partial charge in [0.25, 0.3) is 0 Å². The predicted octanol–water partition coefficient (Wildman–Crippen LogP) is -2.77. The monoisotopic (exact) mass is 530 g/mol. The van der Waals surface area contributed by atoms with E-state index >= 15 is 0 Å². The lowest BCUT2D eigenvalue weighted by atomic mass is 9.73. The highest BCUT2D eigenvalue weighted by Crippen LogP contribution is 2.44. The molecule has 15 N–H and O–H groups in total. The van der Waals surface area contributed by atoms with E-state index in [0.717, 1.165) is 31.3 Å². The van der Waals surface area contributed by atoms with Crippen LogP contribution in [-0.2, 0) is 14.6 Å². The minimum absolute atomic E-state index is 0. The van der Waals surface area contributed by atoms with E-state index in [2.05, 4.69) is 16.5 Å². The molecule has 3 aliphatic heterocycles. The number of pyridine rings is 1. The number of hydrogen-bond acceptors (Lipinski definition) is 6. The van der Waals surface area contributed by atoms with Gasteiger partial charge in [-0.3, -0.25) is 14.4 Å². The predicted molar refractivity (Wildman–Crippen MR) is 131 cm³/mol. The standard InChI is InChI=1S/C20H24N2O5S.7H2O/c1-3-13-12-22-9-7-14(13)10-19(22)20(27-28(23,24)25)16-6-8-21-18-5-4-15(26-2)11-17(16)18;;;;;;;/h3-6,8,11,13-14,19-20H,1,7,9-10,12H2,2H3,(H,23,24,25);7*1H2. The summed E-state index contributed by atoms with van der Waals surface area (Å²) in [7, 11) is -3.07. The summed E-state index contributed by atoms with van der Waals surface area (Å²) in [5.74, 6) is 1.47. The summed E-state index contributed by atoms with van der Waals surface area (Å²) in [6.07, 6.45) is 4.62. The second kappa shape index (κ2) is 15.7. The summed E-state index contributed by atoms with van der Waals surface area (Å²) in [6.45, 7) is 5.62. The van der Waals surface area contributed by atoms with Crippen molar-refractivity contribution >= 4 is 21.3 Å². The molecule has 3 saturated heterocycles. The summed E-state index contributed by atoms with van der Waals surface area (Å²) >= 11 is 0. The Kier molecular flexibility index (Phi) is 17.9. The van der Waals surface area contributed by atoms with Crippen LogP contribution in [0.3, 0.4) is 0 Å². The molecule has 1 aromatic heterocycles. The van der Waals surface area contributed by atoms with Crippen LogP contribution in [0.5, 0.6) is 5.75 Å². The van der Waals surface area contributed by atoms with Crippen LogP contribution in [0.25, 0.3) is 10.9 Å². The Labute approximate surface area is 203 Å². The van der Waals surface area contributed by atoms with Gasteiger partial charge in [-0.1, -0.05) is 6.08 Å². The molecule has 3 aliphatic rings. The molecule has 2 bridgehead atoms. The zero-order valence-electron chi connectivity index (χ0n) is 19.2. The molecule has 5 atom stereocenters. The largest absolute Gasteiger partial charge is 0.497 e. The molecule has 0 amide bonds. The molecule has 0 saturated carbocycles. The van der Waals surface area contributed by atoms with Gasteiger partial charge in [0.1, 0.15) is 11.9 Å². The molecule has 0 spiro atoms. The number of fused-ring (bicyclic) bond motifs is 4. The highest BCUT2D eigenvalue weighted by atomic mass is 32.3. The molecule has 5 rings (SSSR count). The number of methoxy groups -OCH3 is 1. The molecule has 5 unspecified atom stereocenters. The van der Waals surface area contributed by atoms with Crippen LogP contribution in [-0.4, -0.2) is 87.4 Å². The van der Waals surface area contributed by atoms with Crippen LogP contribution >= 0.6 is 0 Å². The van der Waals surface area contributed by atoms with Crippen LogP contribution in [0, 0.1) is 11.8 Å². The summed E-state index contributed by atoms with van der Waals surface area (Å²) in [4.78, 5) is 6.61. The van der Waals surface area contributed by atoms with Gasteiger partial charge in [-0.25, -0.2) is 4.18 Å². The Morgan fingerprint density at radius 2 is 1.80 bits per heavy atom. The maximum absolute atomic E-state index is 11.7. The SMILES string of the molecule is C=CC1CN2CCC1CC2C(OS(=O)(=O)O)c1ccnc2ccc(OC)cc12.O.O.O.O.O.O.O. The Morgan fingerprint density at radius 3 is 2.31 bits per heavy atom. The van der Waals surface area contributed by atoms with E-state index in [0.29, 0.717) is 28.7 Å².